The van der Waals surface area contributed by atoms with Crippen LogP contribution in [0.4, 0.5) is 14.9 Å². The maximum atomic E-state index is 14.9. The van der Waals surface area contributed by atoms with Crippen molar-refractivity contribution >= 4 is 32.8 Å². The van der Waals surface area contributed by atoms with Gasteiger partial charge in [-0.15, -0.1) is 0 Å². The number of ether oxygens (including phenoxy) is 1. The zero-order valence-electron chi connectivity index (χ0n) is 15.7. The zero-order chi connectivity index (χ0) is 20.9. The Morgan fingerprint density at radius 3 is 2.41 bits per heavy atom. The molecular weight excluding hydrogens is 405 g/mol. The first-order valence-corrected chi connectivity index (χ1v) is 11.0. The van der Waals surface area contributed by atoms with Gasteiger partial charge in [-0.25, -0.2) is 17.6 Å². The molecule has 4 rings (SSSR count). The van der Waals surface area contributed by atoms with Gasteiger partial charge in [-0.1, -0.05) is 0 Å². The molecule has 1 N–H and O–H groups in total. The number of benzene rings is 1. The number of pyridine rings is 1. The lowest BCUT2D eigenvalue weighted by molar-refractivity contribution is 0.143. The molecule has 2 aromatic rings. The lowest BCUT2D eigenvalue weighted by Crippen LogP contribution is -2.48. The van der Waals surface area contributed by atoms with Crippen LogP contribution >= 0.6 is 0 Å². The number of sulfonamides is 1. The highest BCUT2D eigenvalue weighted by Gasteiger charge is 2.29. The predicted molar refractivity (Wildman–Crippen MR) is 104 cm³/mol. The molecule has 29 heavy (non-hydrogen) atoms. The van der Waals surface area contributed by atoms with Gasteiger partial charge in [0.15, 0.2) is 5.75 Å². The molecule has 2 heterocycles. The van der Waals surface area contributed by atoms with Gasteiger partial charge in [0.05, 0.1) is 29.0 Å². The van der Waals surface area contributed by atoms with Crippen molar-refractivity contribution in [2.24, 2.45) is 0 Å². The van der Waals surface area contributed by atoms with Gasteiger partial charge in [-0.2, -0.15) is 4.31 Å². The Balaban J connectivity index is 1.76. The Kier molecular flexibility index (Phi) is 4.74. The van der Waals surface area contributed by atoms with E-state index in [1.165, 1.54) is 10.5 Å². The summed E-state index contributed by atoms with van der Waals surface area (Å²) in [4.78, 5) is 25.2. The van der Waals surface area contributed by atoms with E-state index in [1.54, 1.807) is 15.5 Å². The van der Waals surface area contributed by atoms with Crippen LogP contribution in [0.25, 0.3) is 10.9 Å². The van der Waals surface area contributed by atoms with Crippen LogP contribution < -0.4 is 15.1 Å². The SMILES string of the molecule is CS(=O)(=O)N1CCN(c2cc3c(cc2F)c(=O)c(OC(=O)O)cn3C2CC2)CC1. The Morgan fingerprint density at radius 1 is 1.21 bits per heavy atom. The summed E-state index contributed by atoms with van der Waals surface area (Å²) in [6, 6.07) is 2.77. The monoisotopic (exact) mass is 425 g/mol. The first-order valence-electron chi connectivity index (χ1n) is 9.14. The molecule has 156 valence electrons. The van der Waals surface area contributed by atoms with Gasteiger partial charge in [0, 0.05) is 32.2 Å². The number of nitrogens with zero attached hydrogens (tertiary/aromatic N) is 3. The number of piperazine rings is 1. The van der Waals surface area contributed by atoms with Gasteiger partial charge in [0.25, 0.3) is 0 Å². The smallest absolute Gasteiger partial charge is 0.449 e. The number of halogens is 1. The fraction of sp³-hybridized carbons (Fsp3) is 0.444. The van der Waals surface area contributed by atoms with Crippen molar-refractivity contribution < 1.29 is 27.4 Å². The van der Waals surface area contributed by atoms with E-state index in [4.69, 9.17) is 5.11 Å². The molecule has 1 aliphatic carbocycles. The van der Waals surface area contributed by atoms with Crippen molar-refractivity contribution in [1.29, 1.82) is 0 Å². The Hall–Kier alpha value is -2.66. The van der Waals surface area contributed by atoms with Crippen LogP contribution in [0.5, 0.6) is 5.75 Å². The summed E-state index contributed by atoms with van der Waals surface area (Å²) < 4.78 is 45.9. The maximum absolute atomic E-state index is 14.9. The number of fused-ring (bicyclic) bond motifs is 1. The largest absolute Gasteiger partial charge is 0.511 e. The van der Waals surface area contributed by atoms with Crippen molar-refractivity contribution in [1.82, 2.24) is 8.87 Å². The highest BCUT2D eigenvalue weighted by Crippen LogP contribution is 2.39. The second kappa shape index (κ2) is 6.99. The summed E-state index contributed by atoms with van der Waals surface area (Å²) in [7, 11) is -3.30. The van der Waals surface area contributed by atoms with Gasteiger partial charge in [-0.05, 0) is 25.0 Å². The number of hydrogen-bond acceptors (Lipinski definition) is 6. The zero-order valence-corrected chi connectivity index (χ0v) is 16.5. The van der Waals surface area contributed by atoms with Gasteiger partial charge >= 0.3 is 6.16 Å². The van der Waals surface area contributed by atoms with Crippen LogP contribution in [0.2, 0.25) is 0 Å². The molecule has 0 bridgehead atoms. The second-order valence-corrected chi connectivity index (χ2v) is 9.28. The summed E-state index contributed by atoms with van der Waals surface area (Å²) in [5, 5.41) is 8.91. The molecule has 1 aromatic carbocycles. The normalized spacial score (nSPS) is 18.2. The summed E-state index contributed by atoms with van der Waals surface area (Å²) in [5.41, 5.74) is 0.0928. The van der Waals surface area contributed by atoms with Crippen LogP contribution in [0.3, 0.4) is 0 Å². The number of carbonyl (C=O) groups is 1. The molecule has 1 aliphatic heterocycles. The van der Waals surface area contributed by atoms with Crippen LogP contribution in [0, 0.1) is 5.82 Å². The van der Waals surface area contributed by atoms with E-state index in [2.05, 4.69) is 4.74 Å². The molecule has 0 spiro atoms. The van der Waals surface area contributed by atoms with E-state index in [1.807, 2.05) is 0 Å². The van der Waals surface area contributed by atoms with E-state index >= 15 is 0 Å². The van der Waals surface area contributed by atoms with Gasteiger partial charge in [-0.3, -0.25) is 4.79 Å². The molecule has 9 nitrogen and oxygen atoms in total. The molecule has 2 fully saturated rings. The Morgan fingerprint density at radius 2 is 1.86 bits per heavy atom. The number of anilines is 1. The minimum absolute atomic E-state index is 0.0478. The van der Waals surface area contributed by atoms with Crippen molar-refractivity contribution in [3.8, 4) is 5.75 Å². The summed E-state index contributed by atoms with van der Waals surface area (Å²) in [5.74, 6) is -0.983. The molecule has 1 saturated carbocycles. The Bertz CT molecular complexity index is 1150. The fourth-order valence-corrected chi connectivity index (χ4v) is 4.48. The summed E-state index contributed by atoms with van der Waals surface area (Å²) in [6.45, 7) is 1.14. The Labute approximate surface area is 165 Å². The van der Waals surface area contributed by atoms with E-state index < -0.39 is 27.4 Å². The summed E-state index contributed by atoms with van der Waals surface area (Å²) >= 11 is 0. The topological polar surface area (TPSA) is 109 Å². The molecule has 11 heteroatoms. The summed E-state index contributed by atoms with van der Waals surface area (Å²) in [6.07, 6.45) is 2.63. The number of carboxylic acid groups (broad SMARTS) is 1. The average molecular weight is 425 g/mol. The highest BCUT2D eigenvalue weighted by atomic mass is 32.2. The lowest BCUT2D eigenvalue weighted by Gasteiger charge is -2.35. The first-order chi connectivity index (χ1) is 13.6. The molecule has 0 unspecified atom stereocenters. The third kappa shape index (κ3) is 3.79. The number of rotatable bonds is 4. The first kappa shape index (κ1) is 19.6. The van der Waals surface area contributed by atoms with Crippen molar-refractivity contribution in [3.63, 3.8) is 0 Å². The van der Waals surface area contributed by atoms with E-state index in [0.717, 1.165) is 25.2 Å². The molecule has 0 amide bonds. The predicted octanol–water partition coefficient (Wildman–Crippen LogP) is 1.61. The van der Waals surface area contributed by atoms with E-state index in [-0.39, 0.29) is 36.0 Å². The van der Waals surface area contributed by atoms with Crippen LogP contribution in [0.1, 0.15) is 18.9 Å². The maximum Gasteiger partial charge on any atom is 0.511 e. The van der Waals surface area contributed by atoms with Crippen molar-refractivity contribution in [2.45, 2.75) is 18.9 Å². The van der Waals surface area contributed by atoms with Crippen molar-refractivity contribution in [2.75, 3.05) is 37.3 Å². The van der Waals surface area contributed by atoms with E-state index in [0.29, 0.717) is 18.6 Å². The van der Waals surface area contributed by atoms with Gasteiger partial charge < -0.3 is 19.3 Å². The minimum atomic E-state index is -3.30. The third-order valence-electron chi connectivity index (χ3n) is 5.25. The molecule has 1 aromatic heterocycles. The van der Waals surface area contributed by atoms with Crippen molar-refractivity contribution in [3.05, 3.63) is 34.4 Å². The highest BCUT2D eigenvalue weighted by molar-refractivity contribution is 7.88. The molecular formula is C18H20FN3O6S. The van der Waals surface area contributed by atoms with Gasteiger partial charge in [0.2, 0.25) is 15.5 Å². The minimum Gasteiger partial charge on any atom is -0.449 e. The third-order valence-corrected chi connectivity index (χ3v) is 6.56. The quantitative estimate of drug-likeness (QED) is 0.742. The average Bonchev–Trinajstić information content (AvgIpc) is 3.48. The number of aromatic nitrogens is 1. The molecule has 0 atom stereocenters. The molecule has 0 radical (unpaired) electrons. The second-order valence-electron chi connectivity index (χ2n) is 7.30. The van der Waals surface area contributed by atoms with E-state index in [9.17, 15) is 22.4 Å². The van der Waals surface area contributed by atoms with Crippen LogP contribution in [-0.4, -0.2) is 61.0 Å². The molecule has 2 aliphatic rings. The number of hydrogen-bond donors (Lipinski definition) is 1. The lowest BCUT2D eigenvalue weighted by atomic mass is 10.1. The van der Waals surface area contributed by atoms with Gasteiger partial charge in [0.1, 0.15) is 5.82 Å². The fourth-order valence-electron chi connectivity index (χ4n) is 3.66. The van der Waals surface area contributed by atoms with Crippen LogP contribution in [0.15, 0.2) is 23.1 Å². The standard InChI is InChI=1S/C18H20FN3O6S/c1-29(26,27)21-6-4-20(5-7-21)15-9-14-12(8-13(15)19)17(23)16(28-18(24)25)10-22(14)11-2-3-11/h8-11H,2-7H2,1H3,(H,24,25). The van der Waals surface area contributed by atoms with Crippen LogP contribution in [-0.2, 0) is 10.0 Å². The molecule has 1 saturated heterocycles.